The Hall–Kier alpha value is -5.97. The highest BCUT2D eigenvalue weighted by atomic mass is 32.1. The van der Waals surface area contributed by atoms with Gasteiger partial charge in [-0.2, -0.15) is 0 Å². The van der Waals surface area contributed by atoms with Crippen LogP contribution in [0.15, 0.2) is 152 Å². The minimum absolute atomic E-state index is 0.985. The third kappa shape index (κ3) is 3.95. The van der Waals surface area contributed by atoms with E-state index in [4.69, 9.17) is 4.98 Å². The molecule has 0 unspecified atom stereocenters. The Labute approximate surface area is 274 Å². The first kappa shape index (κ1) is 26.3. The third-order valence-electron chi connectivity index (χ3n) is 9.50. The zero-order valence-corrected chi connectivity index (χ0v) is 26.2. The number of rotatable bonds is 4. The predicted octanol–water partition coefficient (Wildman–Crippen LogP) is 12.0. The number of benzene rings is 6. The molecule has 0 aliphatic carbocycles. The van der Waals surface area contributed by atoms with E-state index in [0.29, 0.717) is 0 Å². The fourth-order valence-corrected chi connectivity index (χ4v) is 8.41. The summed E-state index contributed by atoms with van der Waals surface area (Å²) >= 11 is 1.85. The molecule has 0 atom stereocenters. The largest absolute Gasteiger partial charge is 0.310 e. The average Bonchev–Trinajstić information content (AvgIpc) is 3.80. The Kier molecular flexibility index (Phi) is 5.60. The van der Waals surface area contributed by atoms with Crippen molar-refractivity contribution in [1.29, 1.82) is 0 Å². The van der Waals surface area contributed by atoms with E-state index in [1.807, 2.05) is 23.6 Å². The maximum atomic E-state index is 4.95. The number of aromatic nitrogens is 3. The minimum Gasteiger partial charge on any atom is -0.310 e. The van der Waals surface area contributed by atoms with Gasteiger partial charge < -0.3 is 9.13 Å². The number of thiophene rings is 1. The Balaban J connectivity index is 1.14. The van der Waals surface area contributed by atoms with E-state index in [9.17, 15) is 0 Å². The lowest BCUT2D eigenvalue weighted by Crippen LogP contribution is -1.97. The van der Waals surface area contributed by atoms with Crippen LogP contribution >= 0.6 is 11.3 Å². The molecule has 4 heterocycles. The first-order valence-corrected chi connectivity index (χ1v) is 16.6. The molecule has 0 saturated heterocycles. The van der Waals surface area contributed by atoms with Crippen molar-refractivity contribution in [3.05, 3.63) is 158 Å². The van der Waals surface area contributed by atoms with Crippen molar-refractivity contribution in [1.82, 2.24) is 14.1 Å². The lowest BCUT2D eigenvalue weighted by atomic mass is 10.0. The van der Waals surface area contributed by atoms with Crippen LogP contribution in [0.3, 0.4) is 0 Å². The summed E-state index contributed by atoms with van der Waals surface area (Å²) in [7, 11) is 0. The molecule has 6 aromatic carbocycles. The van der Waals surface area contributed by atoms with Gasteiger partial charge in [0.1, 0.15) is 0 Å². The molecule has 0 saturated carbocycles. The summed E-state index contributed by atoms with van der Waals surface area (Å²) in [6, 6.07) is 50.5. The predicted molar refractivity (Wildman–Crippen MR) is 201 cm³/mol. The molecule has 0 amide bonds. The van der Waals surface area contributed by atoms with Crippen LogP contribution < -0.4 is 0 Å². The highest BCUT2D eigenvalue weighted by Gasteiger charge is 2.16. The molecule has 3 nitrogen and oxygen atoms in total. The van der Waals surface area contributed by atoms with Gasteiger partial charge in [-0.05, 0) is 90.0 Å². The van der Waals surface area contributed by atoms with E-state index < -0.39 is 0 Å². The van der Waals surface area contributed by atoms with Crippen molar-refractivity contribution in [2.24, 2.45) is 0 Å². The summed E-state index contributed by atoms with van der Waals surface area (Å²) in [5, 5.41) is 7.37. The van der Waals surface area contributed by atoms with Gasteiger partial charge in [-0.15, -0.1) is 11.3 Å². The molecule has 0 aliphatic rings. The first-order valence-electron chi connectivity index (χ1n) is 15.8. The molecule has 4 heteroatoms. The summed E-state index contributed by atoms with van der Waals surface area (Å²) in [5.41, 5.74) is 10.1. The van der Waals surface area contributed by atoms with Gasteiger partial charge in [-0.25, -0.2) is 0 Å². The monoisotopic (exact) mass is 617 g/mol. The van der Waals surface area contributed by atoms with Gasteiger partial charge in [0.05, 0.1) is 34.0 Å². The van der Waals surface area contributed by atoms with E-state index >= 15 is 0 Å². The van der Waals surface area contributed by atoms with E-state index in [1.54, 1.807) is 0 Å². The second-order valence-electron chi connectivity index (χ2n) is 12.1. The normalized spacial score (nSPS) is 11.9. The molecule has 0 radical (unpaired) electrons. The van der Waals surface area contributed by atoms with Crippen LogP contribution in [-0.4, -0.2) is 14.1 Å². The molecule has 0 spiro atoms. The molecular weight excluding hydrogens is 591 g/mol. The standard InChI is InChI=1S/C43H27N3S/c1-2-31-22-29-9-3-6-12-39(29)45(31)32-17-19-41-36(25-32)34-10-4-7-13-40(34)46(41)33-23-30-21-27(15-18-38(30)44-26-33)28-16-20-43-37(24-28)35-11-5-8-14-42(35)47-43/h2-26H,1H2. The lowest BCUT2D eigenvalue weighted by molar-refractivity contribution is 1.11. The molecule has 10 rings (SSSR count). The number of pyridine rings is 1. The van der Waals surface area contributed by atoms with Crippen molar-refractivity contribution in [3.63, 3.8) is 0 Å². The molecule has 0 bridgehead atoms. The van der Waals surface area contributed by atoms with Crippen molar-refractivity contribution in [3.8, 4) is 22.5 Å². The second kappa shape index (κ2) is 10.0. The van der Waals surface area contributed by atoms with Crippen LogP contribution in [0.25, 0.3) is 92.4 Å². The zero-order valence-electron chi connectivity index (χ0n) is 25.4. The van der Waals surface area contributed by atoms with Crippen LogP contribution in [0, 0.1) is 0 Å². The summed E-state index contributed by atoms with van der Waals surface area (Å²) in [6.07, 6.45) is 3.93. The smallest absolute Gasteiger partial charge is 0.0704 e. The quantitative estimate of drug-likeness (QED) is 0.193. The van der Waals surface area contributed by atoms with Crippen LogP contribution in [-0.2, 0) is 0 Å². The lowest BCUT2D eigenvalue weighted by Gasteiger charge is -2.12. The Morgan fingerprint density at radius 3 is 2.17 bits per heavy atom. The third-order valence-corrected chi connectivity index (χ3v) is 10.6. The van der Waals surface area contributed by atoms with E-state index in [1.165, 1.54) is 53.0 Å². The molecule has 47 heavy (non-hydrogen) atoms. The molecule has 220 valence electrons. The van der Waals surface area contributed by atoms with Crippen LogP contribution in [0.4, 0.5) is 0 Å². The van der Waals surface area contributed by atoms with Crippen LogP contribution in [0.1, 0.15) is 5.69 Å². The number of hydrogen-bond donors (Lipinski definition) is 0. The second-order valence-corrected chi connectivity index (χ2v) is 13.2. The highest BCUT2D eigenvalue weighted by Crippen LogP contribution is 2.38. The highest BCUT2D eigenvalue weighted by molar-refractivity contribution is 7.25. The molecule has 0 aliphatic heterocycles. The minimum atomic E-state index is 0.985. The summed E-state index contributed by atoms with van der Waals surface area (Å²) in [5.74, 6) is 0. The Morgan fingerprint density at radius 2 is 1.26 bits per heavy atom. The molecule has 4 aromatic heterocycles. The zero-order chi connectivity index (χ0) is 31.1. The maximum Gasteiger partial charge on any atom is 0.0704 e. The van der Waals surface area contributed by atoms with Crippen LogP contribution in [0.2, 0.25) is 0 Å². The van der Waals surface area contributed by atoms with Crippen molar-refractivity contribution >= 4 is 81.2 Å². The number of nitrogens with zero attached hydrogens (tertiary/aromatic N) is 3. The van der Waals surface area contributed by atoms with Crippen molar-refractivity contribution in [2.45, 2.75) is 0 Å². The molecular formula is C43H27N3S. The molecule has 0 fully saturated rings. The van der Waals surface area contributed by atoms with Gasteiger partial charge >= 0.3 is 0 Å². The van der Waals surface area contributed by atoms with Crippen molar-refractivity contribution < 1.29 is 0 Å². The van der Waals surface area contributed by atoms with Gasteiger partial charge in [-0.3, -0.25) is 4.98 Å². The number of hydrogen-bond acceptors (Lipinski definition) is 2. The Bertz CT molecular complexity index is 2880. The number of para-hydroxylation sites is 2. The SMILES string of the molecule is C=Cc1cc2ccccc2n1-c1ccc2c(c1)c1ccccc1n2-c1cnc2ccc(-c3ccc4sc5ccccc5c4c3)cc2c1. The van der Waals surface area contributed by atoms with E-state index in [-0.39, 0.29) is 0 Å². The fourth-order valence-electron chi connectivity index (χ4n) is 7.32. The fraction of sp³-hybridized carbons (Fsp3) is 0. The average molecular weight is 618 g/mol. The molecule has 0 N–H and O–H groups in total. The van der Waals surface area contributed by atoms with Gasteiger partial charge in [0.2, 0.25) is 0 Å². The van der Waals surface area contributed by atoms with Crippen molar-refractivity contribution in [2.75, 3.05) is 0 Å². The maximum absolute atomic E-state index is 4.95. The summed E-state index contributed by atoms with van der Waals surface area (Å²) in [6.45, 7) is 4.11. The van der Waals surface area contributed by atoms with Crippen LogP contribution in [0.5, 0.6) is 0 Å². The topological polar surface area (TPSA) is 22.8 Å². The summed E-state index contributed by atoms with van der Waals surface area (Å²) in [4.78, 5) is 4.95. The van der Waals surface area contributed by atoms with E-state index in [2.05, 4.69) is 155 Å². The van der Waals surface area contributed by atoms with Gasteiger partial charge in [0.15, 0.2) is 0 Å². The summed E-state index contributed by atoms with van der Waals surface area (Å²) < 4.78 is 7.29. The number of fused-ring (bicyclic) bond motifs is 8. The molecule has 10 aromatic rings. The Morgan fingerprint density at radius 1 is 0.511 bits per heavy atom. The van der Waals surface area contributed by atoms with Gasteiger partial charge in [0, 0.05) is 53.1 Å². The first-order chi connectivity index (χ1) is 23.2. The van der Waals surface area contributed by atoms with E-state index in [0.717, 1.165) is 39.0 Å². The van der Waals surface area contributed by atoms with Gasteiger partial charge in [-0.1, -0.05) is 73.3 Å². The van der Waals surface area contributed by atoms with Gasteiger partial charge in [0.25, 0.3) is 0 Å².